The lowest BCUT2D eigenvalue weighted by Gasteiger charge is -2.39. The van der Waals surface area contributed by atoms with Crippen LogP contribution in [0.2, 0.25) is 0 Å². The van der Waals surface area contributed by atoms with Crippen LogP contribution in [0.1, 0.15) is 95.8 Å². The number of hydrogen-bond donors (Lipinski definition) is 0. The van der Waals surface area contributed by atoms with E-state index in [1.807, 2.05) is 78.9 Å². The Kier molecular flexibility index (Phi) is 12.5. The predicted octanol–water partition coefficient (Wildman–Crippen LogP) is 7.95. The molecule has 0 saturated carbocycles. The maximum atomic E-state index is 12.3. The first-order chi connectivity index (χ1) is 19.5. The van der Waals surface area contributed by atoms with E-state index in [-0.39, 0.29) is 0 Å². The molecule has 0 amide bonds. The largest absolute Gasteiger partial charge is 0.549 e. The second-order valence-electron chi connectivity index (χ2n) is 11.6. The van der Waals surface area contributed by atoms with Gasteiger partial charge in [0.2, 0.25) is 0 Å². The summed E-state index contributed by atoms with van der Waals surface area (Å²) in [6, 6.07) is 25.2. The van der Waals surface area contributed by atoms with E-state index >= 15 is 0 Å². The molecule has 3 heteroatoms. The van der Waals surface area contributed by atoms with E-state index < -0.39 is 11.4 Å². The van der Waals surface area contributed by atoms with Crippen LogP contribution >= 0.6 is 0 Å². The van der Waals surface area contributed by atoms with Crippen LogP contribution in [0.4, 0.5) is 0 Å². The molecule has 3 nitrogen and oxygen atoms in total. The smallest absolute Gasteiger partial charge is 0.0786 e. The molecule has 0 radical (unpaired) electrons. The number of fused-ring (bicyclic) bond motifs is 3. The van der Waals surface area contributed by atoms with Crippen LogP contribution in [0.3, 0.4) is 0 Å². The van der Waals surface area contributed by atoms with Crippen molar-refractivity contribution in [1.82, 2.24) is 0 Å². The van der Waals surface area contributed by atoms with Crippen molar-refractivity contribution in [2.75, 3.05) is 26.2 Å². The third kappa shape index (κ3) is 7.43. The van der Waals surface area contributed by atoms with Gasteiger partial charge in [-0.05, 0) is 59.9 Å². The lowest BCUT2D eigenvalue weighted by molar-refractivity contribution is -0.929. The van der Waals surface area contributed by atoms with Crippen molar-refractivity contribution in [3.63, 3.8) is 0 Å². The molecule has 0 spiro atoms. The molecule has 0 unspecified atom stereocenters. The number of carbonyl (C=O) groups is 1. The molecule has 0 aliphatic heterocycles. The van der Waals surface area contributed by atoms with Gasteiger partial charge in [0.15, 0.2) is 0 Å². The minimum Gasteiger partial charge on any atom is -0.549 e. The van der Waals surface area contributed by atoms with Crippen LogP contribution in [0.15, 0.2) is 78.9 Å². The van der Waals surface area contributed by atoms with Crippen molar-refractivity contribution in [2.24, 2.45) is 0 Å². The van der Waals surface area contributed by atoms with Gasteiger partial charge in [-0.25, -0.2) is 0 Å². The summed E-state index contributed by atoms with van der Waals surface area (Å²) in [5.74, 6) is -1.04. The van der Waals surface area contributed by atoms with E-state index in [4.69, 9.17) is 0 Å². The first kappa shape index (κ1) is 31.6. The number of rotatable bonds is 15. The minimum atomic E-state index is -1.13. The molecule has 0 N–H and O–H groups in total. The van der Waals surface area contributed by atoms with Crippen molar-refractivity contribution in [1.29, 1.82) is 0 Å². The molecular weight excluding hydrogens is 490 g/mol. The fourth-order valence-electron chi connectivity index (χ4n) is 6.35. The van der Waals surface area contributed by atoms with Gasteiger partial charge in [-0.2, -0.15) is 0 Å². The standard InChI is InChI=1S/C21H16O2.C16H36N/c22-20(23)21(14-15-8-2-1-3-9-15)18-12-6-4-10-16(18)17-11-5-7-13-19(17)21;1-5-9-13-17(14-10-6-2,15-11-7-3)16-12-8-4/h1-13H,14H2,(H,22,23);5-16H2,1-4H3/q;+1/p-1. The van der Waals surface area contributed by atoms with E-state index in [1.165, 1.54) is 82.0 Å². The van der Waals surface area contributed by atoms with Gasteiger partial charge in [0, 0.05) is 0 Å². The predicted molar refractivity (Wildman–Crippen MR) is 167 cm³/mol. The molecule has 4 rings (SSSR count). The Balaban J connectivity index is 0.000000234. The summed E-state index contributed by atoms with van der Waals surface area (Å²) in [6.45, 7) is 15.0. The number of benzene rings is 3. The summed E-state index contributed by atoms with van der Waals surface area (Å²) in [5.41, 5.74) is 3.49. The highest BCUT2D eigenvalue weighted by molar-refractivity contribution is 5.96. The normalized spacial score (nSPS) is 13.2. The van der Waals surface area contributed by atoms with Gasteiger partial charge in [-0.1, -0.05) is 132 Å². The molecule has 0 atom stereocenters. The van der Waals surface area contributed by atoms with Crippen molar-refractivity contribution in [3.8, 4) is 11.1 Å². The highest BCUT2D eigenvalue weighted by Gasteiger charge is 2.44. The number of hydrogen-bond acceptors (Lipinski definition) is 2. The third-order valence-electron chi connectivity index (χ3n) is 8.67. The number of carboxylic acid groups (broad SMARTS) is 1. The number of carbonyl (C=O) groups excluding carboxylic acids is 1. The van der Waals surface area contributed by atoms with Crippen LogP contribution < -0.4 is 5.11 Å². The molecule has 0 fully saturated rings. The highest BCUT2D eigenvalue weighted by atomic mass is 16.4. The van der Waals surface area contributed by atoms with Crippen LogP contribution in [0.25, 0.3) is 11.1 Å². The first-order valence-corrected chi connectivity index (χ1v) is 15.8. The monoisotopic (exact) mass is 541 g/mol. The summed E-state index contributed by atoms with van der Waals surface area (Å²) >= 11 is 0. The molecule has 40 heavy (non-hydrogen) atoms. The van der Waals surface area contributed by atoms with Gasteiger partial charge in [0.05, 0.1) is 37.6 Å². The summed E-state index contributed by atoms with van der Waals surface area (Å²) < 4.78 is 1.42. The molecule has 0 aromatic heterocycles. The molecule has 1 aliphatic rings. The van der Waals surface area contributed by atoms with E-state index in [2.05, 4.69) is 27.7 Å². The maximum Gasteiger partial charge on any atom is 0.0786 e. The van der Waals surface area contributed by atoms with Gasteiger partial charge in [0.25, 0.3) is 0 Å². The fraction of sp³-hybridized carbons (Fsp3) is 0.486. The van der Waals surface area contributed by atoms with Crippen molar-refractivity contribution >= 4 is 5.97 Å². The Morgan fingerprint density at radius 2 is 0.975 bits per heavy atom. The van der Waals surface area contributed by atoms with Crippen molar-refractivity contribution in [3.05, 3.63) is 95.6 Å². The van der Waals surface area contributed by atoms with Crippen LogP contribution in [0.5, 0.6) is 0 Å². The Morgan fingerprint density at radius 1 is 0.600 bits per heavy atom. The summed E-state index contributed by atoms with van der Waals surface area (Å²) in [6.07, 6.45) is 11.5. The summed E-state index contributed by atoms with van der Waals surface area (Å²) in [7, 11) is 0. The minimum absolute atomic E-state index is 0.393. The summed E-state index contributed by atoms with van der Waals surface area (Å²) in [5, 5.41) is 12.3. The van der Waals surface area contributed by atoms with Gasteiger partial charge in [-0.3, -0.25) is 0 Å². The fourth-order valence-corrected chi connectivity index (χ4v) is 6.35. The average Bonchev–Trinajstić information content (AvgIpc) is 3.28. The number of aliphatic carboxylic acids is 1. The molecule has 0 bridgehead atoms. The molecule has 1 aliphatic carbocycles. The third-order valence-corrected chi connectivity index (χ3v) is 8.67. The molecule has 0 heterocycles. The number of nitrogens with zero attached hydrogens (tertiary/aromatic N) is 1. The van der Waals surface area contributed by atoms with Gasteiger partial charge >= 0.3 is 0 Å². The number of quaternary nitrogens is 1. The lowest BCUT2D eigenvalue weighted by atomic mass is 9.73. The number of unbranched alkanes of at least 4 members (excludes halogenated alkanes) is 4. The zero-order valence-electron chi connectivity index (χ0n) is 25.5. The second kappa shape index (κ2) is 15.8. The molecule has 216 valence electrons. The Labute approximate surface area is 243 Å². The average molecular weight is 542 g/mol. The van der Waals surface area contributed by atoms with Gasteiger partial charge in [-0.15, -0.1) is 0 Å². The van der Waals surface area contributed by atoms with E-state index in [9.17, 15) is 9.90 Å². The highest BCUT2D eigenvalue weighted by Crippen LogP contribution is 2.50. The van der Waals surface area contributed by atoms with E-state index in [0.29, 0.717) is 6.42 Å². The Bertz CT molecular complexity index is 1090. The molecular formula is C37H51NO2. The van der Waals surface area contributed by atoms with Crippen molar-refractivity contribution < 1.29 is 14.4 Å². The Morgan fingerprint density at radius 3 is 1.35 bits per heavy atom. The Hall–Kier alpha value is -2.91. The van der Waals surface area contributed by atoms with E-state index in [0.717, 1.165) is 27.8 Å². The van der Waals surface area contributed by atoms with Gasteiger partial charge in [0.1, 0.15) is 0 Å². The SMILES string of the molecule is CCCC[N+](CCCC)(CCCC)CCCC.O=C([O-])C1(Cc2ccccc2)c2ccccc2-c2ccccc21. The molecule has 3 aromatic carbocycles. The zero-order chi connectivity index (χ0) is 28.8. The van der Waals surface area contributed by atoms with Crippen LogP contribution in [-0.2, 0) is 16.6 Å². The number of carboxylic acids is 1. The van der Waals surface area contributed by atoms with Crippen LogP contribution in [-0.4, -0.2) is 36.6 Å². The van der Waals surface area contributed by atoms with E-state index in [1.54, 1.807) is 0 Å². The quantitative estimate of drug-likeness (QED) is 0.183. The second-order valence-corrected chi connectivity index (χ2v) is 11.6. The van der Waals surface area contributed by atoms with Gasteiger partial charge < -0.3 is 14.4 Å². The lowest BCUT2D eigenvalue weighted by Crippen LogP contribution is -2.50. The van der Waals surface area contributed by atoms with Crippen molar-refractivity contribution in [2.45, 2.75) is 90.9 Å². The van der Waals surface area contributed by atoms with Crippen LogP contribution in [0, 0.1) is 0 Å². The summed E-state index contributed by atoms with van der Waals surface area (Å²) in [4.78, 5) is 12.3. The zero-order valence-corrected chi connectivity index (χ0v) is 25.5. The first-order valence-electron chi connectivity index (χ1n) is 15.8. The molecule has 3 aromatic rings. The maximum absolute atomic E-state index is 12.3. The topological polar surface area (TPSA) is 40.1 Å². The molecule has 0 saturated heterocycles.